The van der Waals surface area contributed by atoms with Gasteiger partial charge in [0.2, 0.25) is 0 Å². The van der Waals surface area contributed by atoms with Crippen LogP contribution in [0.25, 0.3) is 10.2 Å². The molecule has 1 atom stereocenters. The highest BCUT2D eigenvalue weighted by Gasteiger charge is 2.19. The molecular weight excluding hydrogens is 278 g/mol. The minimum Gasteiger partial charge on any atom is -0.480 e. The van der Waals surface area contributed by atoms with Gasteiger partial charge >= 0.3 is 5.97 Å². The highest BCUT2D eigenvalue weighted by Crippen LogP contribution is 2.24. The van der Waals surface area contributed by atoms with Crippen molar-refractivity contribution in [2.75, 3.05) is 5.73 Å². The lowest BCUT2D eigenvalue weighted by atomic mass is 10.1. The lowest BCUT2D eigenvalue weighted by molar-refractivity contribution is -0.139. The first-order chi connectivity index (χ1) is 9.51. The van der Waals surface area contributed by atoms with Crippen molar-refractivity contribution in [3.05, 3.63) is 23.8 Å². The number of fused-ring (bicyclic) bond motifs is 1. The molecule has 1 heterocycles. The number of hydrogen-bond donors (Lipinski definition) is 3. The Hall–Kier alpha value is -2.15. The monoisotopic (exact) mass is 293 g/mol. The average molecular weight is 293 g/mol. The number of carboxylic acid groups (broad SMARTS) is 1. The molecule has 0 radical (unpaired) electrons. The second-order valence-electron chi connectivity index (χ2n) is 4.39. The van der Waals surface area contributed by atoms with Crippen LogP contribution < -0.4 is 11.1 Å². The number of aromatic nitrogens is 1. The van der Waals surface area contributed by atoms with Crippen LogP contribution in [0.4, 0.5) is 5.13 Å². The molecule has 0 aliphatic carbocycles. The maximum Gasteiger partial charge on any atom is 0.326 e. The van der Waals surface area contributed by atoms with Gasteiger partial charge in [0, 0.05) is 5.56 Å². The third-order valence-corrected chi connectivity index (χ3v) is 3.70. The Balaban J connectivity index is 2.19. The Morgan fingerprint density at radius 3 is 2.90 bits per heavy atom. The number of aliphatic carboxylic acids is 1. The molecule has 0 saturated heterocycles. The fourth-order valence-corrected chi connectivity index (χ4v) is 2.64. The third kappa shape index (κ3) is 3.05. The molecule has 20 heavy (non-hydrogen) atoms. The summed E-state index contributed by atoms with van der Waals surface area (Å²) in [5, 5.41) is 12.0. The Labute approximate surface area is 119 Å². The molecule has 106 valence electrons. The van der Waals surface area contributed by atoms with Crippen LogP contribution in [0.15, 0.2) is 18.2 Å². The molecule has 0 bridgehead atoms. The molecule has 4 N–H and O–H groups in total. The third-order valence-electron chi connectivity index (χ3n) is 2.85. The number of anilines is 1. The van der Waals surface area contributed by atoms with E-state index in [2.05, 4.69) is 10.3 Å². The first-order valence-corrected chi connectivity index (χ1v) is 7.02. The van der Waals surface area contributed by atoms with E-state index in [1.54, 1.807) is 18.2 Å². The van der Waals surface area contributed by atoms with Gasteiger partial charge in [0.05, 0.1) is 10.2 Å². The van der Waals surface area contributed by atoms with Gasteiger partial charge in [0.1, 0.15) is 6.04 Å². The van der Waals surface area contributed by atoms with Gasteiger partial charge in [-0.1, -0.05) is 24.7 Å². The van der Waals surface area contributed by atoms with E-state index in [1.165, 1.54) is 11.3 Å². The van der Waals surface area contributed by atoms with Crippen LogP contribution in [0.5, 0.6) is 0 Å². The fourth-order valence-electron chi connectivity index (χ4n) is 1.87. The minimum atomic E-state index is -1.02. The Kier molecular flexibility index (Phi) is 4.19. The molecule has 0 spiro atoms. The van der Waals surface area contributed by atoms with Crippen LogP contribution >= 0.6 is 11.3 Å². The summed E-state index contributed by atoms with van der Waals surface area (Å²) in [6.07, 6.45) is 1.08. The summed E-state index contributed by atoms with van der Waals surface area (Å²) >= 11 is 1.29. The van der Waals surface area contributed by atoms with E-state index in [0.717, 1.165) is 10.2 Å². The number of benzene rings is 1. The normalized spacial score (nSPS) is 12.2. The summed E-state index contributed by atoms with van der Waals surface area (Å²) in [4.78, 5) is 27.2. The largest absolute Gasteiger partial charge is 0.480 e. The summed E-state index contributed by atoms with van der Waals surface area (Å²) < 4.78 is 0.803. The van der Waals surface area contributed by atoms with Gasteiger partial charge in [-0.2, -0.15) is 0 Å². The highest BCUT2D eigenvalue weighted by atomic mass is 32.1. The van der Waals surface area contributed by atoms with E-state index in [0.29, 0.717) is 23.5 Å². The molecule has 1 amide bonds. The second kappa shape index (κ2) is 5.87. The molecule has 0 saturated carbocycles. The number of nitrogens with zero attached hydrogens (tertiary/aromatic N) is 1. The van der Waals surface area contributed by atoms with Crippen molar-refractivity contribution in [2.45, 2.75) is 25.8 Å². The Bertz CT molecular complexity index is 653. The summed E-state index contributed by atoms with van der Waals surface area (Å²) in [5.74, 6) is -1.43. The molecule has 1 aromatic carbocycles. The van der Waals surface area contributed by atoms with Crippen molar-refractivity contribution >= 4 is 38.6 Å². The molecular formula is C13H15N3O3S. The number of carbonyl (C=O) groups is 2. The van der Waals surface area contributed by atoms with Crippen molar-refractivity contribution in [1.29, 1.82) is 0 Å². The average Bonchev–Trinajstić information content (AvgIpc) is 2.76. The molecule has 7 heteroatoms. The summed E-state index contributed by atoms with van der Waals surface area (Å²) in [7, 11) is 0. The second-order valence-corrected chi connectivity index (χ2v) is 5.45. The fraction of sp³-hybridized carbons (Fsp3) is 0.308. The van der Waals surface area contributed by atoms with E-state index >= 15 is 0 Å². The van der Waals surface area contributed by atoms with Gasteiger partial charge in [-0.15, -0.1) is 0 Å². The van der Waals surface area contributed by atoms with Gasteiger partial charge in [-0.05, 0) is 24.6 Å². The van der Waals surface area contributed by atoms with E-state index in [4.69, 9.17) is 10.8 Å². The quantitative estimate of drug-likeness (QED) is 0.780. The number of hydrogen-bond acceptors (Lipinski definition) is 5. The van der Waals surface area contributed by atoms with Crippen molar-refractivity contribution in [3.8, 4) is 0 Å². The minimum absolute atomic E-state index is 0.400. The molecule has 0 aliphatic rings. The maximum atomic E-state index is 12.1. The Morgan fingerprint density at radius 2 is 2.25 bits per heavy atom. The first-order valence-electron chi connectivity index (χ1n) is 6.21. The molecule has 2 aromatic rings. The highest BCUT2D eigenvalue weighted by molar-refractivity contribution is 7.22. The number of nitrogens with two attached hydrogens (primary N) is 1. The van der Waals surface area contributed by atoms with Gasteiger partial charge < -0.3 is 16.2 Å². The van der Waals surface area contributed by atoms with E-state index in [-0.39, 0.29) is 0 Å². The molecule has 0 aliphatic heterocycles. The lowest BCUT2D eigenvalue weighted by Gasteiger charge is -2.13. The molecule has 0 fully saturated rings. The van der Waals surface area contributed by atoms with Crippen molar-refractivity contribution in [1.82, 2.24) is 10.3 Å². The van der Waals surface area contributed by atoms with Gasteiger partial charge in [0.25, 0.3) is 5.91 Å². The van der Waals surface area contributed by atoms with Crippen molar-refractivity contribution in [2.24, 2.45) is 0 Å². The van der Waals surface area contributed by atoms with Crippen LogP contribution in [0, 0.1) is 0 Å². The van der Waals surface area contributed by atoms with Gasteiger partial charge in [-0.3, -0.25) is 4.79 Å². The molecule has 1 aromatic heterocycles. The van der Waals surface area contributed by atoms with Gasteiger partial charge in [-0.25, -0.2) is 9.78 Å². The number of thiazole rings is 1. The lowest BCUT2D eigenvalue weighted by Crippen LogP contribution is -2.40. The zero-order valence-corrected chi connectivity index (χ0v) is 11.7. The zero-order chi connectivity index (χ0) is 14.7. The zero-order valence-electron chi connectivity index (χ0n) is 10.9. The van der Waals surface area contributed by atoms with Crippen LogP contribution in [-0.2, 0) is 4.79 Å². The van der Waals surface area contributed by atoms with E-state index < -0.39 is 17.9 Å². The van der Waals surface area contributed by atoms with E-state index in [9.17, 15) is 9.59 Å². The van der Waals surface area contributed by atoms with Crippen molar-refractivity contribution < 1.29 is 14.7 Å². The Morgan fingerprint density at radius 1 is 1.50 bits per heavy atom. The first kappa shape index (κ1) is 14.3. The number of carbonyl (C=O) groups excluding carboxylic acids is 1. The summed E-state index contributed by atoms with van der Waals surface area (Å²) in [5.41, 5.74) is 6.74. The summed E-state index contributed by atoms with van der Waals surface area (Å²) in [6, 6.07) is 4.12. The number of nitrogen functional groups attached to an aromatic ring is 1. The molecule has 2 rings (SSSR count). The number of nitrogens with one attached hydrogen (secondary N) is 1. The molecule has 6 nitrogen and oxygen atoms in total. The molecule has 1 unspecified atom stereocenters. The number of carboxylic acids is 1. The van der Waals surface area contributed by atoms with Crippen LogP contribution in [0.3, 0.4) is 0 Å². The number of rotatable bonds is 5. The van der Waals surface area contributed by atoms with Crippen molar-refractivity contribution in [3.63, 3.8) is 0 Å². The smallest absolute Gasteiger partial charge is 0.326 e. The predicted molar refractivity (Wildman–Crippen MR) is 77.8 cm³/mol. The SMILES string of the molecule is CCCC(NC(=O)c1ccc2nc(N)sc2c1)C(=O)O. The van der Waals surface area contributed by atoms with E-state index in [1.807, 2.05) is 6.92 Å². The predicted octanol–water partition coefficient (Wildman–Crippen LogP) is 1.86. The standard InChI is InChI=1S/C13H15N3O3S/c1-2-3-9(12(18)19)15-11(17)7-4-5-8-10(6-7)20-13(14)16-8/h4-6,9H,2-3H2,1H3,(H2,14,16)(H,15,17)(H,18,19). The topological polar surface area (TPSA) is 105 Å². The van der Waals surface area contributed by atoms with Crippen LogP contribution in [-0.4, -0.2) is 28.0 Å². The van der Waals surface area contributed by atoms with Crippen LogP contribution in [0.1, 0.15) is 30.1 Å². The number of amides is 1. The maximum absolute atomic E-state index is 12.1. The van der Waals surface area contributed by atoms with Gasteiger partial charge in [0.15, 0.2) is 5.13 Å². The summed E-state index contributed by atoms with van der Waals surface area (Å²) in [6.45, 7) is 1.87. The van der Waals surface area contributed by atoms with Crippen LogP contribution in [0.2, 0.25) is 0 Å².